The fourth-order valence-corrected chi connectivity index (χ4v) is 2.92. The van der Waals surface area contributed by atoms with Gasteiger partial charge in [0.05, 0.1) is 16.9 Å². The fourth-order valence-electron chi connectivity index (χ4n) is 2.69. The summed E-state index contributed by atoms with van der Waals surface area (Å²) in [6.45, 7) is 0.436. The third-order valence-corrected chi connectivity index (χ3v) is 4.38. The molecule has 8 heteroatoms. The van der Waals surface area contributed by atoms with Crippen molar-refractivity contribution in [1.29, 1.82) is 5.26 Å². The first-order chi connectivity index (χ1) is 13.1. The van der Waals surface area contributed by atoms with E-state index in [1.54, 1.807) is 23.0 Å². The predicted molar refractivity (Wildman–Crippen MR) is 105 cm³/mol. The van der Waals surface area contributed by atoms with Gasteiger partial charge in [-0.1, -0.05) is 30.4 Å². The lowest BCUT2D eigenvalue weighted by molar-refractivity contribution is 0.0952. The Hall–Kier alpha value is -3.44. The lowest BCUT2D eigenvalue weighted by Crippen LogP contribution is -2.25. The standard InChI is InChI=1S/C19H18N6OS/c20-12-15-16(24-25(17(15)21)13-6-2-1-3-7-13)9-5-10-22-18(26)14-8-4-11-23-19(14)27/h1-4,6-8,11H,5,9-10,21H2,(H,22,26)(H,23,27). The van der Waals surface area contributed by atoms with Crippen LogP contribution in [0.3, 0.4) is 0 Å². The molecule has 2 heterocycles. The summed E-state index contributed by atoms with van der Waals surface area (Å²) in [7, 11) is 0. The third kappa shape index (κ3) is 4.04. The van der Waals surface area contributed by atoms with Gasteiger partial charge in [0.25, 0.3) is 5.91 Å². The molecular formula is C19H18N6OS. The van der Waals surface area contributed by atoms with Crippen molar-refractivity contribution in [3.05, 3.63) is 70.1 Å². The highest BCUT2D eigenvalue weighted by Gasteiger charge is 2.16. The van der Waals surface area contributed by atoms with Gasteiger partial charge in [-0.25, -0.2) is 4.68 Å². The van der Waals surface area contributed by atoms with Crippen molar-refractivity contribution >= 4 is 23.9 Å². The number of para-hydroxylation sites is 1. The molecule has 0 aliphatic carbocycles. The van der Waals surface area contributed by atoms with Crippen molar-refractivity contribution in [3.8, 4) is 11.8 Å². The minimum atomic E-state index is -0.230. The average molecular weight is 378 g/mol. The largest absolute Gasteiger partial charge is 0.382 e. The number of anilines is 1. The zero-order chi connectivity index (χ0) is 19.2. The molecule has 0 aliphatic heterocycles. The molecule has 27 heavy (non-hydrogen) atoms. The van der Waals surface area contributed by atoms with Crippen LogP contribution in [-0.2, 0) is 6.42 Å². The topological polar surface area (TPSA) is 113 Å². The van der Waals surface area contributed by atoms with Crippen LogP contribution in [0.4, 0.5) is 5.82 Å². The van der Waals surface area contributed by atoms with E-state index in [0.717, 1.165) is 5.69 Å². The quantitative estimate of drug-likeness (QED) is 0.451. The van der Waals surface area contributed by atoms with E-state index in [2.05, 4.69) is 21.5 Å². The normalized spacial score (nSPS) is 10.3. The molecule has 0 fully saturated rings. The molecule has 4 N–H and O–H groups in total. The Morgan fingerprint density at radius 1 is 1.30 bits per heavy atom. The zero-order valence-electron chi connectivity index (χ0n) is 14.5. The van der Waals surface area contributed by atoms with E-state index in [4.69, 9.17) is 18.0 Å². The van der Waals surface area contributed by atoms with Crippen LogP contribution in [0.25, 0.3) is 5.69 Å². The molecule has 1 aromatic carbocycles. The molecule has 0 atom stereocenters. The van der Waals surface area contributed by atoms with Gasteiger partial charge in [-0.2, -0.15) is 10.4 Å². The van der Waals surface area contributed by atoms with Gasteiger partial charge in [0, 0.05) is 12.7 Å². The number of pyridine rings is 1. The maximum absolute atomic E-state index is 12.2. The van der Waals surface area contributed by atoms with E-state index >= 15 is 0 Å². The van der Waals surface area contributed by atoms with Gasteiger partial charge in [-0.15, -0.1) is 0 Å². The number of nitrogen functional groups attached to an aromatic ring is 1. The molecule has 0 saturated carbocycles. The van der Waals surface area contributed by atoms with Gasteiger partial charge in [0.2, 0.25) is 0 Å². The summed E-state index contributed by atoms with van der Waals surface area (Å²) in [6, 6.07) is 14.9. The van der Waals surface area contributed by atoms with Crippen LogP contribution in [0.5, 0.6) is 0 Å². The lowest BCUT2D eigenvalue weighted by Gasteiger charge is -2.04. The zero-order valence-corrected chi connectivity index (χ0v) is 15.3. The molecule has 1 amide bonds. The van der Waals surface area contributed by atoms with Crippen LogP contribution in [0.1, 0.15) is 28.0 Å². The Morgan fingerprint density at radius 2 is 2.07 bits per heavy atom. The van der Waals surface area contributed by atoms with Crippen molar-refractivity contribution in [2.24, 2.45) is 0 Å². The molecular weight excluding hydrogens is 360 g/mol. The van der Waals surface area contributed by atoms with E-state index < -0.39 is 0 Å². The molecule has 0 bridgehead atoms. The number of hydrogen-bond donors (Lipinski definition) is 3. The number of H-pyrrole nitrogens is 1. The second-order valence-electron chi connectivity index (χ2n) is 5.84. The Balaban J connectivity index is 1.65. The number of amides is 1. The molecule has 0 saturated heterocycles. The second-order valence-corrected chi connectivity index (χ2v) is 6.25. The number of aryl methyl sites for hydroxylation is 1. The van der Waals surface area contributed by atoms with Crippen LogP contribution in [0, 0.1) is 16.0 Å². The Morgan fingerprint density at radius 3 is 2.78 bits per heavy atom. The van der Waals surface area contributed by atoms with E-state index in [1.165, 1.54) is 0 Å². The van der Waals surface area contributed by atoms with Crippen molar-refractivity contribution in [3.63, 3.8) is 0 Å². The molecule has 0 unspecified atom stereocenters. The number of nitrogens with two attached hydrogens (primary N) is 1. The Labute approximate surface area is 161 Å². The van der Waals surface area contributed by atoms with Crippen LogP contribution >= 0.6 is 12.2 Å². The third-order valence-electron chi connectivity index (χ3n) is 4.04. The van der Waals surface area contributed by atoms with Gasteiger partial charge in [0.1, 0.15) is 22.1 Å². The number of rotatable bonds is 6. The number of benzene rings is 1. The summed E-state index contributed by atoms with van der Waals surface area (Å²) in [4.78, 5) is 15.0. The number of carbonyl (C=O) groups is 1. The molecule has 136 valence electrons. The highest BCUT2D eigenvalue weighted by Crippen LogP contribution is 2.21. The summed E-state index contributed by atoms with van der Waals surface area (Å²) in [5, 5.41) is 16.7. The Bertz CT molecular complexity index is 1050. The van der Waals surface area contributed by atoms with Crippen molar-refractivity contribution in [1.82, 2.24) is 20.1 Å². The van der Waals surface area contributed by atoms with Crippen LogP contribution in [-0.4, -0.2) is 27.2 Å². The number of nitrogens with zero attached hydrogens (tertiary/aromatic N) is 3. The van der Waals surface area contributed by atoms with E-state index in [9.17, 15) is 10.1 Å². The average Bonchev–Trinajstić information content (AvgIpc) is 3.01. The molecule has 0 aliphatic rings. The second kappa shape index (κ2) is 8.29. The van der Waals surface area contributed by atoms with Crippen molar-refractivity contribution < 1.29 is 4.79 Å². The number of aromatic nitrogens is 3. The summed E-state index contributed by atoms with van der Waals surface area (Å²) >= 11 is 5.10. The summed E-state index contributed by atoms with van der Waals surface area (Å²) in [5.41, 5.74) is 8.30. The van der Waals surface area contributed by atoms with Crippen LogP contribution in [0.15, 0.2) is 48.7 Å². The maximum Gasteiger partial charge on any atom is 0.254 e. The maximum atomic E-state index is 12.2. The SMILES string of the molecule is N#Cc1c(CCCNC(=O)c2ccc[nH]c2=S)nn(-c2ccccc2)c1N. The monoisotopic (exact) mass is 378 g/mol. The Kier molecular flexibility index (Phi) is 5.64. The summed E-state index contributed by atoms with van der Waals surface area (Å²) in [6.07, 6.45) is 2.82. The first-order valence-electron chi connectivity index (χ1n) is 8.40. The van der Waals surface area contributed by atoms with Crippen molar-refractivity contribution in [2.75, 3.05) is 12.3 Å². The number of carbonyl (C=O) groups excluding carboxylic acids is 1. The molecule has 0 spiro atoms. The number of nitrogens with one attached hydrogen (secondary N) is 2. The molecule has 7 nitrogen and oxygen atoms in total. The van der Waals surface area contributed by atoms with Gasteiger partial charge < -0.3 is 16.0 Å². The highest BCUT2D eigenvalue weighted by atomic mass is 32.1. The van der Waals surface area contributed by atoms with Gasteiger partial charge in [-0.05, 0) is 37.1 Å². The highest BCUT2D eigenvalue weighted by molar-refractivity contribution is 7.71. The summed E-state index contributed by atoms with van der Waals surface area (Å²) in [5.74, 6) is 0.0880. The predicted octanol–water partition coefficient (Wildman–Crippen LogP) is 2.75. The molecule has 2 aromatic heterocycles. The van der Waals surface area contributed by atoms with Gasteiger partial charge in [0.15, 0.2) is 0 Å². The smallest absolute Gasteiger partial charge is 0.254 e. The van der Waals surface area contributed by atoms with Gasteiger partial charge >= 0.3 is 0 Å². The first kappa shape index (κ1) is 18.4. The van der Waals surface area contributed by atoms with Gasteiger partial charge in [-0.3, -0.25) is 4.79 Å². The first-order valence-corrected chi connectivity index (χ1v) is 8.81. The molecule has 3 rings (SSSR count). The van der Waals surface area contributed by atoms with Crippen LogP contribution in [0.2, 0.25) is 0 Å². The van der Waals surface area contributed by atoms with E-state index in [0.29, 0.717) is 46.7 Å². The molecule has 0 radical (unpaired) electrons. The summed E-state index contributed by atoms with van der Waals surface area (Å²) < 4.78 is 1.96. The van der Waals surface area contributed by atoms with Crippen LogP contribution < -0.4 is 11.1 Å². The number of nitriles is 1. The number of hydrogen-bond acceptors (Lipinski definition) is 5. The fraction of sp³-hybridized carbons (Fsp3) is 0.158. The number of aromatic amines is 1. The lowest BCUT2D eigenvalue weighted by atomic mass is 10.1. The molecule has 3 aromatic rings. The van der Waals surface area contributed by atoms with E-state index in [1.807, 2.05) is 30.3 Å². The van der Waals surface area contributed by atoms with E-state index in [-0.39, 0.29) is 5.91 Å². The minimum absolute atomic E-state index is 0.230. The minimum Gasteiger partial charge on any atom is -0.382 e. The van der Waals surface area contributed by atoms with Crippen molar-refractivity contribution in [2.45, 2.75) is 12.8 Å².